The third kappa shape index (κ3) is 4.49. The van der Waals surface area contributed by atoms with Crippen molar-refractivity contribution in [3.05, 3.63) is 81.2 Å². The van der Waals surface area contributed by atoms with E-state index in [0.29, 0.717) is 5.56 Å². The fourth-order valence-corrected chi connectivity index (χ4v) is 5.76. The van der Waals surface area contributed by atoms with Gasteiger partial charge in [-0.2, -0.15) is 0 Å². The van der Waals surface area contributed by atoms with Crippen molar-refractivity contribution in [1.29, 1.82) is 0 Å². The summed E-state index contributed by atoms with van der Waals surface area (Å²) in [5, 5.41) is 9.99. The number of nitrogens with zero attached hydrogens (tertiary/aromatic N) is 4. The number of pyridine rings is 2. The van der Waals surface area contributed by atoms with Gasteiger partial charge in [0.1, 0.15) is 10.5 Å². The van der Waals surface area contributed by atoms with Crippen LogP contribution < -0.4 is 4.31 Å². The van der Waals surface area contributed by atoms with Crippen molar-refractivity contribution in [2.45, 2.75) is 11.4 Å². The summed E-state index contributed by atoms with van der Waals surface area (Å²) in [6.45, 7) is -0.161. The van der Waals surface area contributed by atoms with Crippen molar-refractivity contribution in [2.75, 3.05) is 4.31 Å². The summed E-state index contributed by atoms with van der Waals surface area (Å²) in [7, 11) is -2.47. The summed E-state index contributed by atoms with van der Waals surface area (Å²) in [5.74, 6) is -1.30. The highest BCUT2D eigenvalue weighted by Gasteiger charge is 2.31. The van der Waals surface area contributed by atoms with Crippen LogP contribution in [-0.2, 0) is 23.6 Å². The Morgan fingerprint density at radius 3 is 2.48 bits per heavy atom. The number of aromatic carboxylic acids is 1. The predicted molar refractivity (Wildman–Crippen MR) is 127 cm³/mol. The van der Waals surface area contributed by atoms with E-state index in [1.807, 2.05) is 29.9 Å². The lowest BCUT2D eigenvalue weighted by Crippen LogP contribution is -2.32. The van der Waals surface area contributed by atoms with E-state index in [1.165, 1.54) is 12.3 Å². The molecular weight excluding hydrogens is 511 g/mol. The van der Waals surface area contributed by atoms with Crippen molar-refractivity contribution in [3.63, 3.8) is 0 Å². The number of hydrogen-bond donors (Lipinski definition) is 1. The van der Waals surface area contributed by atoms with Crippen LogP contribution >= 0.6 is 34.8 Å². The fourth-order valence-electron chi connectivity index (χ4n) is 3.28. The summed E-state index contributed by atoms with van der Waals surface area (Å²) >= 11 is 18.4. The van der Waals surface area contributed by atoms with Gasteiger partial charge in [-0.1, -0.05) is 34.8 Å². The quantitative estimate of drug-likeness (QED) is 0.379. The van der Waals surface area contributed by atoms with E-state index in [2.05, 4.69) is 9.97 Å². The van der Waals surface area contributed by atoms with Gasteiger partial charge in [0.15, 0.2) is 5.82 Å². The largest absolute Gasteiger partial charge is 0.478 e. The van der Waals surface area contributed by atoms with Crippen LogP contribution in [-0.4, -0.2) is 34.0 Å². The minimum atomic E-state index is -4.32. The molecule has 8 nitrogen and oxygen atoms in total. The number of sulfonamides is 1. The maximum Gasteiger partial charge on any atom is 0.335 e. The maximum atomic E-state index is 13.7. The second-order valence-electron chi connectivity index (χ2n) is 7.10. The SMILES string of the molecule is Cn1ccc2cc(CN(c3ncc(Cl)cc3Cl)S(=O)(=O)c3ccc(C(=O)O)cc3Cl)cnc21. The number of benzene rings is 1. The molecule has 4 rings (SSSR count). The molecule has 33 heavy (non-hydrogen) atoms. The molecule has 0 aliphatic carbocycles. The first-order chi connectivity index (χ1) is 15.6. The molecule has 0 unspecified atom stereocenters. The molecule has 1 N–H and O–H groups in total. The van der Waals surface area contributed by atoms with Crippen LogP contribution in [0.3, 0.4) is 0 Å². The number of anilines is 1. The Labute approximate surface area is 204 Å². The molecule has 3 heterocycles. The van der Waals surface area contributed by atoms with Crippen molar-refractivity contribution < 1.29 is 18.3 Å². The molecular formula is C21H15Cl3N4O4S. The van der Waals surface area contributed by atoms with Crippen LogP contribution in [0.15, 0.2) is 59.9 Å². The Morgan fingerprint density at radius 1 is 1.06 bits per heavy atom. The summed E-state index contributed by atoms with van der Waals surface area (Å²) in [6.07, 6.45) is 4.68. The fraction of sp³-hybridized carbons (Fsp3) is 0.0952. The van der Waals surface area contributed by atoms with Crippen molar-refractivity contribution in [2.24, 2.45) is 7.05 Å². The van der Waals surface area contributed by atoms with Crippen molar-refractivity contribution >= 4 is 67.6 Å². The molecule has 0 spiro atoms. The molecule has 0 saturated heterocycles. The number of halogens is 3. The molecule has 12 heteroatoms. The molecule has 0 aliphatic rings. The van der Waals surface area contributed by atoms with Crippen LogP contribution in [0.2, 0.25) is 15.1 Å². The molecule has 1 aromatic carbocycles. The number of carboxylic acid groups (broad SMARTS) is 1. The average Bonchev–Trinajstić information content (AvgIpc) is 3.12. The first kappa shape index (κ1) is 23.3. The zero-order valence-electron chi connectivity index (χ0n) is 16.9. The van der Waals surface area contributed by atoms with Gasteiger partial charge >= 0.3 is 5.97 Å². The molecule has 0 fully saturated rings. The normalized spacial score (nSPS) is 11.6. The van der Waals surface area contributed by atoms with Gasteiger partial charge in [0, 0.05) is 31.0 Å². The van der Waals surface area contributed by atoms with E-state index in [0.717, 1.165) is 33.5 Å². The van der Waals surface area contributed by atoms with E-state index >= 15 is 0 Å². The highest BCUT2D eigenvalue weighted by molar-refractivity contribution is 7.93. The molecule has 0 aliphatic heterocycles. The molecule has 3 aromatic heterocycles. The molecule has 0 atom stereocenters. The first-order valence-corrected chi connectivity index (χ1v) is 11.9. The molecule has 0 bridgehead atoms. The maximum absolute atomic E-state index is 13.7. The smallest absolute Gasteiger partial charge is 0.335 e. The number of hydrogen-bond acceptors (Lipinski definition) is 5. The number of aromatic nitrogens is 3. The van der Waals surface area contributed by atoms with Gasteiger partial charge in [0.05, 0.1) is 27.2 Å². The summed E-state index contributed by atoms with van der Waals surface area (Å²) in [4.78, 5) is 19.5. The molecule has 0 saturated carbocycles. The van der Waals surface area contributed by atoms with Crippen LogP contribution in [0, 0.1) is 0 Å². The molecule has 0 radical (unpaired) electrons. The van der Waals surface area contributed by atoms with Gasteiger partial charge in [-0.05, 0) is 42.0 Å². The minimum absolute atomic E-state index is 0.0121. The van der Waals surface area contributed by atoms with Crippen molar-refractivity contribution in [3.8, 4) is 0 Å². The molecule has 4 aromatic rings. The van der Waals surface area contributed by atoms with E-state index < -0.39 is 16.0 Å². The van der Waals surface area contributed by atoms with E-state index in [1.54, 1.807) is 6.20 Å². The van der Waals surface area contributed by atoms with Gasteiger partial charge in [-0.3, -0.25) is 0 Å². The Bertz CT molecular complexity index is 1500. The lowest BCUT2D eigenvalue weighted by atomic mass is 10.2. The minimum Gasteiger partial charge on any atom is -0.478 e. The summed E-state index contributed by atoms with van der Waals surface area (Å²) in [6, 6.07) is 8.42. The van der Waals surface area contributed by atoms with Crippen LogP contribution in [0.4, 0.5) is 5.82 Å². The van der Waals surface area contributed by atoms with Gasteiger partial charge in [-0.25, -0.2) is 27.5 Å². The summed E-state index contributed by atoms with van der Waals surface area (Å²) in [5.41, 5.74) is 1.17. The highest BCUT2D eigenvalue weighted by atomic mass is 35.5. The third-order valence-corrected chi connectivity index (χ3v) is 7.56. The van der Waals surface area contributed by atoms with Gasteiger partial charge in [0.2, 0.25) is 0 Å². The Kier molecular flexibility index (Phi) is 6.24. The van der Waals surface area contributed by atoms with Gasteiger partial charge < -0.3 is 9.67 Å². The number of aryl methyl sites for hydroxylation is 1. The van der Waals surface area contributed by atoms with Gasteiger partial charge in [-0.15, -0.1) is 0 Å². The lowest BCUT2D eigenvalue weighted by Gasteiger charge is -2.25. The zero-order chi connectivity index (χ0) is 23.9. The zero-order valence-corrected chi connectivity index (χ0v) is 20.0. The second kappa shape index (κ2) is 8.83. The Balaban J connectivity index is 1.85. The summed E-state index contributed by atoms with van der Waals surface area (Å²) < 4.78 is 30.2. The molecule has 0 amide bonds. The number of fused-ring (bicyclic) bond motifs is 1. The Hall–Kier alpha value is -2.85. The number of carboxylic acids is 1. The third-order valence-electron chi connectivity index (χ3n) is 4.86. The Morgan fingerprint density at radius 2 is 1.82 bits per heavy atom. The first-order valence-electron chi connectivity index (χ1n) is 9.34. The average molecular weight is 526 g/mol. The predicted octanol–water partition coefficient (Wildman–Crippen LogP) is 5.02. The van der Waals surface area contributed by atoms with E-state index in [4.69, 9.17) is 39.9 Å². The van der Waals surface area contributed by atoms with Crippen LogP contribution in [0.1, 0.15) is 15.9 Å². The highest BCUT2D eigenvalue weighted by Crippen LogP contribution is 2.34. The van der Waals surface area contributed by atoms with E-state index in [-0.39, 0.29) is 37.9 Å². The number of carbonyl (C=O) groups is 1. The monoisotopic (exact) mass is 524 g/mol. The van der Waals surface area contributed by atoms with Crippen LogP contribution in [0.5, 0.6) is 0 Å². The van der Waals surface area contributed by atoms with Crippen LogP contribution in [0.25, 0.3) is 11.0 Å². The second-order valence-corrected chi connectivity index (χ2v) is 10.2. The van der Waals surface area contributed by atoms with Crippen molar-refractivity contribution in [1.82, 2.24) is 14.5 Å². The van der Waals surface area contributed by atoms with Gasteiger partial charge in [0.25, 0.3) is 10.0 Å². The number of rotatable bonds is 6. The van der Waals surface area contributed by atoms with E-state index in [9.17, 15) is 13.2 Å². The standard InChI is InChI=1S/C21H15Cl3N4O4S/c1-27-5-4-13-6-12(9-25-19(13)27)11-28(20-17(24)8-15(22)10-26-20)33(31,32)18-3-2-14(21(29)30)7-16(18)23/h2-10H,11H2,1H3,(H,29,30). The topological polar surface area (TPSA) is 105 Å². The molecule has 170 valence electrons. The lowest BCUT2D eigenvalue weighted by molar-refractivity contribution is 0.0696.